The predicted molar refractivity (Wildman–Crippen MR) is 62.0 cm³/mol. The van der Waals surface area contributed by atoms with Crippen LogP contribution in [-0.4, -0.2) is 22.7 Å². The van der Waals surface area contributed by atoms with Gasteiger partial charge in [0, 0.05) is 19.0 Å². The van der Waals surface area contributed by atoms with Gasteiger partial charge in [0.2, 0.25) is 5.89 Å². The van der Waals surface area contributed by atoms with Crippen LogP contribution in [0, 0.1) is 17.2 Å². The van der Waals surface area contributed by atoms with Crippen LogP contribution in [0.1, 0.15) is 38.0 Å². The van der Waals surface area contributed by atoms with Gasteiger partial charge in [-0.3, -0.25) is 0 Å². The van der Waals surface area contributed by atoms with Gasteiger partial charge in [-0.05, 0) is 12.8 Å². The standard InChI is InChI=1S/C12H18N4O/c13-8-10-4-2-1-3-5-11(10)14-7-6-12-15-9-16-17-12/h9-11,14H,1-7H2. The lowest BCUT2D eigenvalue weighted by Gasteiger charge is -2.20. The summed E-state index contributed by atoms with van der Waals surface area (Å²) in [7, 11) is 0. The van der Waals surface area contributed by atoms with Crippen molar-refractivity contribution in [2.45, 2.75) is 44.6 Å². The molecule has 92 valence electrons. The fourth-order valence-electron chi connectivity index (χ4n) is 2.38. The van der Waals surface area contributed by atoms with E-state index in [1.807, 2.05) is 0 Å². The minimum absolute atomic E-state index is 0.153. The van der Waals surface area contributed by atoms with E-state index < -0.39 is 0 Å². The molecule has 0 bridgehead atoms. The summed E-state index contributed by atoms with van der Waals surface area (Å²) in [6, 6.07) is 2.75. The van der Waals surface area contributed by atoms with E-state index in [2.05, 4.69) is 21.5 Å². The molecule has 1 aromatic heterocycles. The van der Waals surface area contributed by atoms with Crippen molar-refractivity contribution in [2.75, 3.05) is 6.54 Å². The lowest BCUT2D eigenvalue weighted by molar-refractivity contribution is 0.357. The Morgan fingerprint density at radius 2 is 2.29 bits per heavy atom. The molecule has 0 aliphatic heterocycles. The van der Waals surface area contributed by atoms with Crippen molar-refractivity contribution in [2.24, 2.45) is 5.92 Å². The van der Waals surface area contributed by atoms with E-state index in [-0.39, 0.29) is 5.92 Å². The molecule has 1 fully saturated rings. The molecule has 1 heterocycles. The average Bonchev–Trinajstić information content (AvgIpc) is 2.75. The molecule has 1 N–H and O–H groups in total. The molecule has 0 spiro atoms. The molecule has 5 nitrogen and oxygen atoms in total. The van der Waals surface area contributed by atoms with Crippen LogP contribution >= 0.6 is 0 Å². The summed E-state index contributed by atoms with van der Waals surface area (Å²) in [5.41, 5.74) is 0. The molecule has 0 radical (unpaired) electrons. The second kappa shape index (κ2) is 6.36. The highest BCUT2D eigenvalue weighted by Crippen LogP contribution is 2.22. The van der Waals surface area contributed by atoms with E-state index in [4.69, 9.17) is 9.78 Å². The number of nitrogens with one attached hydrogen (secondary N) is 1. The average molecular weight is 234 g/mol. The maximum Gasteiger partial charge on any atom is 0.227 e. The lowest BCUT2D eigenvalue weighted by atomic mass is 9.96. The third kappa shape index (κ3) is 3.53. The second-order valence-corrected chi connectivity index (χ2v) is 4.52. The summed E-state index contributed by atoms with van der Waals surface area (Å²) >= 11 is 0. The third-order valence-electron chi connectivity index (χ3n) is 3.33. The van der Waals surface area contributed by atoms with Gasteiger partial charge in [0.05, 0.1) is 12.0 Å². The SMILES string of the molecule is N#CC1CCCCCC1NCCc1ncno1. The molecule has 17 heavy (non-hydrogen) atoms. The normalized spacial score (nSPS) is 25.1. The first kappa shape index (κ1) is 12.1. The van der Waals surface area contributed by atoms with Crippen molar-refractivity contribution < 1.29 is 4.52 Å². The van der Waals surface area contributed by atoms with Gasteiger partial charge in [0.25, 0.3) is 0 Å². The van der Waals surface area contributed by atoms with Crippen LogP contribution in [0.15, 0.2) is 10.9 Å². The lowest BCUT2D eigenvalue weighted by Crippen LogP contribution is -2.36. The zero-order chi connectivity index (χ0) is 11.9. The maximum atomic E-state index is 9.14. The van der Waals surface area contributed by atoms with Crippen LogP contribution in [0.25, 0.3) is 0 Å². The largest absolute Gasteiger partial charge is 0.340 e. The Bertz CT molecular complexity index is 357. The van der Waals surface area contributed by atoms with Crippen LogP contribution in [-0.2, 0) is 6.42 Å². The molecule has 0 amide bonds. The molecular weight excluding hydrogens is 216 g/mol. The molecule has 2 rings (SSSR count). The predicted octanol–water partition coefficient (Wildman–Crippen LogP) is 1.67. The first-order chi connectivity index (χ1) is 8.40. The minimum Gasteiger partial charge on any atom is -0.340 e. The summed E-state index contributed by atoms with van der Waals surface area (Å²) in [6.45, 7) is 0.797. The maximum absolute atomic E-state index is 9.14. The van der Waals surface area contributed by atoms with Crippen molar-refractivity contribution in [1.29, 1.82) is 5.26 Å². The van der Waals surface area contributed by atoms with E-state index in [1.165, 1.54) is 25.6 Å². The van der Waals surface area contributed by atoms with Crippen LogP contribution in [0.4, 0.5) is 0 Å². The monoisotopic (exact) mass is 234 g/mol. The number of nitrogens with zero attached hydrogens (tertiary/aromatic N) is 3. The Morgan fingerprint density at radius 1 is 1.41 bits per heavy atom. The van der Waals surface area contributed by atoms with Gasteiger partial charge in [0.1, 0.15) is 0 Å². The number of nitriles is 1. The van der Waals surface area contributed by atoms with Crippen molar-refractivity contribution in [1.82, 2.24) is 15.5 Å². The highest BCUT2D eigenvalue weighted by atomic mass is 16.5. The highest BCUT2D eigenvalue weighted by molar-refractivity contribution is 4.93. The summed E-state index contributed by atoms with van der Waals surface area (Å²) in [6.07, 6.45) is 7.92. The Labute approximate surface area is 101 Å². The topological polar surface area (TPSA) is 74.7 Å². The van der Waals surface area contributed by atoms with Crippen LogP contribution in [0.2, 0.25) is 0 Å². The zero-order valence-electron chi connectivity index (χ0n) is 9.93. The van der Waals surface area contributed by atoms with Crippen LogP contribution in [0.5, 0.6) is 0 Å². The van der Waals surface area contributed by atoms with Crippen molar-refractivity contribution in [3.8, 4) is 6.07 Å². The van der Waals surface area contributed by atoms with Crippen LogP contribution in [0.3, 0.4) is 0 Å². The fourth-order valence-corrected chi connectivity index (χ4v) is 2.38. The Kier molecular flexibility index (Phi) is 4.51. The number of aromatic nitrogens is 2. The second-order valence-electron chi connectivity index (χ2n) is 4.52. The molecule has 1 aromatic rings. The molecule has 2 atom stereocenters. The quantitative estimate of drug-likeness (QED) is 0.802. The summed E-state index contributed by atoms with van der Waals surface area (Å²) in [5, 5.41) is 16.2. The highest BCUT2D eigenvalue weighted by Gasteiger charge is 2.22. The number of hydrogen-bond acceptors (Lipinski definition) is 5. The number of rotatable bonds is 4. The first-order valence-corrected chi connectivity index (χ1v) is 6.28. The minimum atomic E-state index is 0.153. The van der Waals surface area contributed by atoms with Crippen molar-refractivity contribution in [3.63, 3.8) is 0 Å². The molecular formula is C12H18N4O. The molecule has 0 saturated heterocycles. The molecule has 0 aromatic carbocycles. The Hall–Kier alpha value is -1.41. The van der Waals surface area contributed by atoms with Crippen LogP contribution < -0.4 is 5.32 Å². The summed E-state index contributed by atoms with van der Waals surface area (Å²) in [5.74, 6) is 0.805. The van der Waals surface area contributed by atoms with Gasteiger partial charge in [-0.1, -0.05) is 24.4 Å². The van der Waals surface area contributed by atoms with E-state index in [1.54, 1.807) is 0 Å². The molecule has 2 unspecified atom stereocenters. The van der Waals surface area contributed by atoms with Crippen molar-refractivity contribution in [3.05, 3.63) is 12.2 Å². The molecule has 1 aliphatic rings. The molecule has 1 aliphatic carbocycles. The van der Waals surface area contributed by atoms with Crippen molar-refractivity contribution >= 4 is 0 Å². The van der Waals surface area contributed by atoms with Gasteiger partial charge in [-0.15, -0.1) is 0 Å². The van der Waals surface area contributed by atoms with Gasteiger partial charge >= 0.3 is 0 Å². The number of hydrogen-bond donors (Lipinski definition) is 1. The van der Waals surface area contributed by atoms with E-state index >= 15 is 0 Å². The third-order valence-corrected chi connectivity index (χ3v) is 3.33. The van der Waals surface area contributed by atoms with Gasteiger partial charge in [0.15, 0.2) is 6.33 Å². The molecule has 5 heteroatoms. The molecule has 1 saturated carbocycles. The van der Waals surface area contributed by atoms with E-state index in [0.29, 0.717) is 11.9 Å². The van der Waals surface area contributed by atoms with E-state index in [0.717, 1.165) is 25.8 Å². The smallest absolute Gasteiger partial charge is 0.227 e. The zero-order valence-corrected chi connectivity index (χ0v) is 9.93. The fraction of sp³-hybridized carbons (Fsp3) is 0.750. The summed E-state index contributed by atoms with van der Waals surface area (Å²) in [4.78, 5) is 3.97. The Morgan fingerprint density at radius 3 is 3.06 bits per heavy atom. The first-order valence-electron chi connectivity index (χ1n) is 6.28. The van der Waals surface area contributed by atoms with E-state index in [9.17, 15) is 0 Å². The Balaban J connectivity index is 1.78. The summed E-state index contributed by atoms with van der Waals surface area (Å²) < 4.78 is 4.93. The van der Waals surface area contributed by atoms with Gasteiger partial charge in [-0.25, -0.2) is 0 Å². The van der Waals surface area contributed by atoms with Gasteiger partial charge in [-0.2, -0.15) is 10.2 Å². The van der Waals surface area contributed by atoms with Gasteiger partial charge < -0.3 is 9.84 Å².